The van der Waals surface area contributed by atoms with Crippen molar-refractivity contribution in [1.29, 1.82) is 0 Å². The van der Waals surface area contributed by atoms with Gasteiger partial charge in [-0.15, -0.1) is 0 Å². The summed E-state index contributed by atoms with van der Waals surface area (Å²) >= 11 is 0. The number of carbonyl (C=O) groups is 2. The van der Waals surface area contributed by atoms with Crippen molar-refractivity contribution >= 4 is 21.8 Å². The molecule has 0 radical (unpaired) electrons. The molecule has 2 N–H and O–H groups in total. The van der Waals surface area contributed by atoms with Gasteiger partial charge in [0.2, 0.25) is 15.8 Å². The normalized spacial score (nSPS) is 11.1. The van der Waals surface area contributed by atoms with E-state index < -0.39 is 16.0 Å². The van der Waals surface area contributed by atoms with Crippen LogP contribution in [0, 0.1) is 13.8 Å². The third-order valence-electron chi connectivity index (χ3n) is 3.91. The van der Waals surface area contributed by atoms with Crippen molar-refractivity contribution < 1.29 is 22.7 Å². The molecule has 2 aromatic rings. The lowest BCUT2D eigenvalue weighted by atomic mass is 10.1. The molecule has 27 heavy (non-hydrogen) atoms. The molecule has 1 aromatic heterocycles. The Morgan fingerprint density at radius 2 is 1.74 bits per heavy atom. The zero-order valence-electron chi connectivity index (χ0n) is 15.6. The number of hydrogen-bond acceptors (Lipinski definition) is 5. The Morgan fingerprint density at radius 3 is 2.26 bits per heavy atom. The number of sulfonamides is 1. The van der Waals surface area contributed by atoms with Crippen molar-refractivity contribution in [3.63, 3.8) is 0 Å². The second-order valence-electron chi connectivity index (χ2n) is 6.41. The largest absolute Gasteiger partial charge is 0.454 e. The standard InChI is InChI=1S/C19H22N2O5S/c1-12(2)9-19(23)26-11-18(22)17-10-13(3)21(14(17)4)15-5-7-16(8-6-15)27(20,24)25/h5-10H,11H2,1-4H3,(H2,20,24,25). The lowest BCUT2D eigenvalue weighted by Crippen LogP contribution is -2.14. The lowest BCUT2D eigenvalue weighted by Gasteiger charge is -2.10. The third kappa shape index (κ3) is 4.93. The van der Waals surface area contributed by atoms with Crippen molar-refractivity contribution in [2.45, 2.75) is 32.6 Å². The number of rotatable bonds is 6. The molecular formula is C19H22N2O5S. The number of nitrogens with two attached hydrogens (primary N) is 1. The monoisotopic (exact) mass is 390 g/mol. The number of nitrogens with zero attached hydrogens (tertiary/aromatic N) is 1. The van der Waals surface area contributed by atoms with Crippen LogP contribution in [0.3, 0.4) is 0 Å². The summed E-state index contributed by atoms with van der Waals surface area (Å²) in [5, 5.41) is 5.11. The van der Waals surface area contributed by atoms with Crippen LogP contribution in [-0.4, -0.2) is 31.3 Å². The SMILES string of the molecule is CC(C)=CC(=O)OCC(=O)c1cc(C)n(-c2ccc(S(N)(=O)=O)cc2)c1C. The van der Waals surface area contributed by atoms with E-state index in [9.17, 15) is 18.0 Å². The van der Waals surface area contributed by atoms with E-state index in [2.05, 4.69) is 0 Å². The number of carbonyl (C=O) groups excluding carboxylic acids is 2. The van der Waals surface area contributed by atoms with Crippen molar-refractivity contribution in [1.82, 2.24) is 4.57 Å². The van der Waals surface area contributed by atoms with Gasteiger partial charge in [-0.3, -0.25) is 4.79 Å². The van der Waals surface area contributed by atoms with Gasteiger partial charge >= 0.3 is 5.97 Å². The molecule has 0 aliphatic carbocycles. The molecule has 0 fully saturated rings. The molecular weight excluding hydrogens is 368 g/mol. The maximum Gasteiger partial charge on any atom is 0.331 e. The van der Waals surface area contributed by atoms with Crippen LogP contribution in [0.2, 0.25) is 0 Å². The van der Waals surface area contributed by atoms with E-state index >= 15 is 0 Å². The molecule has 0 bridgehead atoms. The summed E-state index contributed by atoms with van der Waals surface area (Å²) in [5.74, 6) is -0.873. The first-order chi connectivity index (χ1) is 12.5. The number of aromatic nitrogens is 1. The van der Waals surface area contributed by atoms with Crippen molar-refractivity contribution in [3.05, 3.63) is 58.9 Å². The summed E-state index contributed by atoms with van der Waals surface area (Å²) in [6.45, 7) is 6.77. The predicted octanol–water partition coefficient (Wildman–Crippen LogP) is 2.43. The van der Waals surface area contributed by atoms with Gasteiger partial charge in [-0.25, -0.2) is 18.4 Å². The second-order valence-corrected chi connectivity index (χ2v) is 7.97. The number of aryl methyl sites for hydroxylation is 1. The van der Waals surface area contributed by atoms with Crippen LogP contribution in [0.15, 0.2) is 46.9 Å². The minimum absolute atomic E-state index is 0.0104. The number of esters is 1. The minimum atomic E-state index is -3.77. The van der Waals surface area contributed by atoms with Gasteiger partial charge in [0.05, 0.1) is 4.90 Å². The van der Waals surface area contributed by atoms with Gasteiger partial charge in [0.15, 0.2) is 6.61 Å². The van der Waals surface area contributed by atoms with E-state index in [1.54, 1.807) is 39.0 Å². The Labute approximate surface area is 158 Å². The number of primary sulfonamides is 1. The highest BCUT2D eigenvalue weighted by molar-refractivity contribution is 7.89. The first-order valence-electron chi connectivity index (χ1n) is 8.17. The maximum absolute atomic E-state index is 12.4. The molecule has 0 saturated heterocycles. The van der Waals surface area contributed by atoms with Crippen LogP contribution in [0.1, 0.15) is 35.6 Å². The predicted molar refractivity (Wildman–Crippen MR) is 101 cm³/mol. The van der Waals surface area contributed by atoms with Gasteiger partial charge in [0, 0.05) is 28.7 Å². The highest BCUT2D eigenvalue weighted by Gasteiger charge is 2.18. The first-order valence-corrected chi connectivity index (χ1v) is 9.72. The molecule has 0 aliphatic heterocycles. The number of ether oxygens (including phenoxy) is 1. The van der Waals surface area contributed by atoms with Crippen LogP contribution < -0.4 is 5.14 Å². The molecule has 0 atom stereocenters. The molecule has 7 nitrogen and oxygen atoms in total. The Kier molecular flexibility index (Phi) is 6.02. The summed E-state index contributed by atoms with van der Waals surface area (Å²) in [7, 11) is -3.77. The lowest BCUT2D eigenvalue weighted by molar-refractivity contribution is -0.136. The van der Waals surface area contributed by atoms with E-state index in [4.69, 9.17) is 9.88 Å². The van der Waals surface area contributed by atoms with Crippen molar-refractivity contribution in [2.75, 3.05) is 6.61 Å². The van der Waals surface area contributed by atoms with Crippen molar-refractivity contribution in [2.24, 2.45) is 5.14 Å². The molecule has 0 amide bonds. The summed E-state index contributed by atoms with van der Waals surface area (Å²) in [5.41, 5.74) is 3.37. The highest BCUT2D eigenvalue weighted by Crippen LogP contribution is 2.22. The highest BCUT2D eigenvalue weighted by atomic mass is 32.2. The fraction of sp³-hybridized carbons (Fsp3) is 0.263. The van der Waals surface area contributed by atoms with E-state index in [0.29, 0.717) is 16.9 Å². The molecule has 2 rings (SSSR count). The van der Waals surface area contributed by atoms with Crippen LogP contribution in [-0.2, 0) is 19.6 Å². The number of ketones is 1. The van der Waals surface area contributed by atoms with Crippen LogP contribution in [0.5, 0.6) is 0 Å². The third-order valence-corrected chi connectivity index (χ3v) is 4.84. The smallest absolute Gasteiger partial charge is 0.331 e. The van der Waals surface area contributed by atoms with Gasteiger partial charge in [0.1, 0.15) is 0 Å². The Balaban J connectivity index is 2.27. The van der Waals surface area contributed by atoms with E-state index in [-0.39, 0.29) is 17.3 Å². The number of Topliss-reactive ketones (excluding diaryl/α,β-unsaturated/α-hetero) is 1. The minimum Gasteiger partial charge on any atom is -0.454 e. The van der Waals surface area contributed by atoms with E-state index in [1.807, 2.05) is 11.5 Å². The van der Waals surface area contributed by atoms with Gasteiger partial charge in [-0.05, 0) is 58.0 Å². The molecule has 0 saturated carbocycles. The zero-order valence-corrected chi connectivity index (χ0v) is 16.5. The van der Waals surface area contributed by atoms with Gasteiger partial charge in [-0.2, -0.15) is 0 Å². The van der Waals surface area contributed by atoms with Crippen LogP contribution in [0.25, 0.3) is 5.69 Å². The average Bonchev–Trinajstić information content (AvgIpc) is 2.86. The second kappa shape index (κ2) is 7.89. The van der Waals surface area contributed by atoms with E-state index in [1.165, 1.54) is 18.2 Å². The fourth-order valence-corrected chi connectivity index (χ4v) is 3.23. The summed E-state index contributed by atoms with van der Waals surface area (Å²) in [6.07, 6.45) is 1.32. The summed E-state index contributed by atoms with van der Waals surface area (Å²) < 4.78 is 29.6. The molecule has 1 heterocycles. The van der Waals surface area contributed by atoms with Crippen LogP contribution >= 0.6 is 0 Å². The molecule has 0 unspecified atom stereocenters. The van der Waals surface area contributed by atoms with Crippen molar-refractivity contribution in [3.8, 4) is 5.69 Å². The molecule has 0 spiro atoms. The Bertz CT molecular complexity index is 1010. The molecule has 144 valence electrons. The average molecular weight is 390 g/mol. The van der Waals surface area contributed by atoms with Gasteiger partial charge < -0.3 is 9.30 Å². The van der Waals surface area contributed by atoms with Gasteiger partial charge in [-0.1, -0.05) is 5.57 Å². The fourth-order valence-electron chi connectivity index (χ4n) is 2.72. The summed E-state index contributed by atoms with van der Waals surface area (Å²) in [4.78, 5) is 24.0. The number of hydrogen-bond donors (Lipinski definition) is 1. The summed E-state index contributed by atoms with van der Waals surface area (Å²) in [6, 6.07) is 7.75. The number of allylic oxidation sites excluding steroid dienone is 1. The molecule has 1 aromatic carbocycles. The Morgan fingerprint density at radius 1 is 1.15 bits per heavy atom. The van der Waals surface area contributed by atoms with E-state index in [0.717, 1.165) is 11.3 Å². The maximum atomic E-state index is 12.4. The molecule has 8 heteroatoms. The topological polar surface area (TPSA) is 108 Å². The Hall–Kier alpha value is -2.71. The zero-order chi connectivity index (χ0) is 20.4. The van der Waals surface area contributed by atoms with Crippen LogP contribution in [0.4, 0.5) is 0 Å². The first kappa shape index (κ1) is 20.6. The number of benzene rings is 1. The quantitative estimate of drug-likeness (QED) is 0.463. The van der Waals surface area contributed by atoms with Gasteiger partial charge in [0.25, 0.3) is 0 Å². The molecule has 0 aliphatic rings.